The van der Waals surface area contributed by atoms with E-state index >= 15 is 0 Å². The second-order valence-electron chi connectivity index (χ2n) is 4.43. The number of alkyl halides is 2. The number of aryl methyl sites for hydroxylation is 2. The van der Waals surface area contributed by atoms with Gasteiger partial charge in [0.25, 0.3) is 0 Å². The number of carbonyl (C=O) groups is 1. The summed E-state index contributed by atoms with van der Waals surface area (Å²) in [6, 6.07) is 5.82. The maximum Gasteiger partial charge on any atom is 0.387 e. The molecule has 7 heteroatoms. The molecule has 0 unspecified atom stereocenters. The zero-order chi connectivity index (χ0) is 15.4. The molecule has 2 rings (SSSR count). The number of ether oxygens (including phenoxy) is 1. The van der Waals surface area contributed by atoms with E-state index in [2.05, 4.69) is 15.2 Å². The second kappa shape index (κ2) is 6.34. The van der Waals surface area contributed by atoms with Gasteiger partial charge in [-0.15, -0.1) is 0 Å². The molecule has 0 bridgehead atoms. The number of benzene rings is 1. The number of aromatic nitrogens is 1. The van der Waals surface area contributed by atoms with Crippen molar-refractivity contribution in [1.82, 2.24) is 5.16 Å². The van der Waals surface area contributed by atoms with Gasteiger partial charge in [-0.3, -0.25) is 4.79 Å². The Kier molecular flexibility index (Phi) is 4.52. The molecule has 1 aromatic heterocycles. The van der Waals surface area contributed by atoms with Gasteiger partial charge in [0.05, 0.1) is 12.1 Å². The summed E-state index contributed by atoms with van der Waals surface area (Å²) < 4.78 is 33.5. The van der Waals surface area contributed by atoms with Crippen molar-refractivity contribution in [2.24, 2.45) is 0 Å². The predicted molar refractivity (Wildman–Crippen MR) is 71.4 cm³/mol. The summed E-state index contributed by atoms with van der Waals surface area (Å²) in [4.78, 5) is 11.9. The Hall–Kier alpha value is -2.44. The molecular weight excluding hydrogens is 282 g/mol. The number of halogens is 2. The van der Waals surface area contributed by atoms with E-state index in [4.69, 9.17) is 4.52 Å². The molecule has 112 valence electrons. The van der Waals surface area contributed by atoms with Crippen LogP contribution in [0.3, 0.4) is 0 Å². The molecule has 0 saturated carbocycles. The highest BCUT2D eigenvalue weighted by Crippen LogP contribution is 2.20. The third kappa shape index (κ3) is 4.01. The van der Waals surface area contributed by atoms with Crippen molar-refractivity contribution in [3.05, 3.63) is 41.3 Å². The minimum atomic E-state index is -2.90. The Morgan fingerprint density at radius 1 is 1.43 bits per heavy atom. The first-order valence-electron chi connectivity index (χ1n) is 6.22. The lowest BCUT2D eigenvalue weighted by atomic mass is 10.1. The summed E-state index contributed by atoms with van der Waals surface area (Å²) in [7, 11) is 0. The maximum absolute atomic E-state index is 12.1. The monoisotopic (exact) mass is 296 g/mol. The molecule has 0 aliphatic carbocycles. The number of nitrogens with one attached hydrogen (secondary N) is 1. The van der Waals surface area contributed by atoms with E-state index in [1.54, 1.807) is 19.9 Å². The second-order valence-corrected chi connectivity index (χ2v) is 4.43. The van der Waals surface area contributed by atoms with Crippen LogP contribution in [0.4, 0.5) is 14.5 Å². The van der Waals surface area contributed by atoms with Crippen molar-refractivity contribution >= 4 is 11.6 Å². The molecule has 1 N–H and O–H groups in total. The molecule has 1 aromatic carbocycles. The van der Waals surface area contributed by atoms with Gasteiger partial charge in [0, 0.05) is 17.3 Å². The van der Waals surface area contributed by atoms with E-state index in [0.29, 0.717) is 22.7 Å². The van der Waals surface area contributed by atoms with Crippen LogP contribution in [0.5, 0.6) is 5.75 Å². The Balaban J connectivity index is 2.03. The fourth-order valence-corrected chi connectivity index (χ4v) is 1.87. The number of carbonyl (C=O) groups excluding carboxylic acids is 1. The van der Waals surface area contributed by atoms with Crippen molar-refractivity contribution in [2.45, 2.75) is 26.9 Å². The molecule has 0 radical (unpaired) electrons. The molecule has 0 spiro atoms. The third-order valence-electron chi connectivity index (χ3n) is 2.86. The highest BCUT2D eigenvalue weighted by Gasteiger charge is 2.14. The number of anilines is 1. The van der Waals surface area contributed by atoms with Gasteiger partial charge in [-0.2, -0.15) is 8.78 Å². The molecular formula is C14H14F2N2O3. The van der Waals surface area contributed by atoms with Gasteiger partial charge in [-0.1, -0.05) is 11.2 Å². The topological polar surface area (TPSA) is 64.4 Å². The van der Waals surface area contributed by atoms with Crippen molar-refractivity contribution in [1.29, 1.82) is 0 Å². The molecule has 0 fully saturated rings. The summed E-state index contributed by atoms with van der Waals surface area (Å²) in [6.45, 7) is 0.564. The predicted octanol–water partition coefficient (Wildman–Crippen LogP) is 3.07. The van der Waals surface area contributed by atoms with Gasteiger partial charge in [-0.25, -0.2) is 0 Å². The van der Waals surface area contributed by atoms with Crippen LogP contribution in [0.25, 0.3) is 0 Å². The van der Waals surface area contributed by atoms with Crippen LogP contribution < -0.4 is 10.1 Å². The van der Waals surface area contributed by atoms with Crippen LogP contribution in [0.2, 0.25) is 0 Å². The van der Waals surface area contributed by atoms with E-state index in [0.717, 1.165) is 0 Å². The average molecular weight is 296 g/mol. The first-order chi connectivity index (χ1) is 9.95. The smallest absolute Gasteiger partial charge is 0.387 e. The van der Waals surface area contributed by atoms with Gasteiger partial charge in [0.1, 0.15) is 11.5 Å². The number of rotatable bonds is 5. The number of hydrogen-bond donors (Lipinski definition) is 1. The van der Waals surface area contributed by atoms with Gasteiger partial charge < -0.3 is 14.6 Å². The standard InChI is InChI=1S/C14H14F2N2O3/c1-8-12(9(2)21-18-8)7-13(19)17-10-4-3-5-11(6-10)20-14(15)16/h3-6,14H,7H2,1-2H3,(H,17,19). The Morgan fingerprint density at radius 2 is 2.19 bits per heavy atom. The van der Waals surface area contributed by atoms with E-state index in [1.165, 1.54) is 18.2 Å². The van der Waals surface area contributed by atoms with Crippen molar-refractivity contribution in [3.63, 3.8) is 0 Å². The van der Waals surface area contributed by atoms with Crippen LogP contribution >= 0.6 is 0 Å². The largest absolute Gasteiger partial charge is 0.435 e. The van der Waals surface area contributed by atoms with Crippen LogP contribution in [0.1, 0.15) is 17.0 Å². The Morgan fingerprint density at radius 3 is 2.81 bits per heavy atom. The zero-order valence-corrected chi connectivity index (χ0v) is 11.5. The van der Waals surface area contributed by atoms with Gasteiger partial charge in [0.2, 0.25) is 5.91 Å². The van der Waals surface area contributed by atoms with E-state index < -0.39 is 6.61 Å². The van der Waals surface area contributed by atoms with Gasteiger partial charge in [0.15, 0.2) is 0 Å². The molecule has 0 saturated heterocycles. The lowest BCUT2D eigenvalue weighted by molar-refractivity contribution is -0.115. The molecule has 21 heavy (non-hydrogen) atoms. The Bertz CT molecular complexity index is 621. The van der Waals surface area contributed by atoms with Crippen molar-refractivity contribution < 1.29 is 22.8 Å². The first-order valence-corrected chi connectivity index (χ1v) is 6.22. The minimum absolute atomic E-state index is 0.0138. The first kappa shape index (κ1) is 15.0. The average Bonchev–Trinajstić information content (AvgIpc) is 2.70. The fourth-order valence-electron chi connectivity index (χ4n) is 1.87. The normalized spacial score (nSPS) is 10.7. The van der Waals surface area contributed by atoms with Crippen LogP contribution in [-0.4, -0.2) is 17.7 Å². The van der Waals surface area contributed by atoms with Crippen molar-refractivity contribution in [3.8, 4) is 5.75 Å². The molecule has 5 nitrogen and oxygen atoms in total. The van der Waals surface area contributed by atoms with Gasteiger partial charge in [-0.05, 0) is 26.0 Å². The summed E-state index contributed by atoms with van der Waals surface area (Å²) in [6.07, 6.45) is 0.0983. The van der Waals surface area contributed by atoms with Crippen LogP contribution in [0.15, 0.2) is 28.8 Å². The van der Waals surface area contributed by atoms with E-state index in [9.17, 15) is 13.6 Å². The molecule has 1 heterocycles. The van der Waals surface area contributed by atoms with Gasteiger partial charge >= 0.3 is 6.61 Å². The lowest BCUT2D eigenvalue weighted by Gasteiger charge is -2.08. The Labute approximate surface area is 119 Å². The summed E-state index contributed by atoms with van der Waals surface area (Å²) >= 11 is 0. The SMILES string of the molecule is Cc1noc(C)c1CC(=O)Nc1cccc(OC(F)F)c1. The van der Waals surface area contributed by atoms with E-state index in [1.807, 2.05) is 0 Å². The third-order valence-corrected chi connectivity index (χ3v) is 2.86. The summed E-state index contributed by atoms with van der Waals surface area (Å²) in [5.41, 5.74) is 1.75. The van der Waals surface area contributed by atoms with Crippen LogP contribution in [0, 0.1) is 13.8 Å². The van der Waals surface area contributed by atoms with Crippen molar-refractivity contribution in [2.75, 3.05) is 5.32 Å². The molecule has 0 atom stereocenters. The number of amides is 1. The molecule has 2 aromatic rings. The number of hydrogen-bond acceptors (Lipinski definition) is 4. The highest BCUT2D eigenvalue weighted by molar-refractivity contribution is 5.92. The summed E-state index contributed by atoms with van der Waals surface area (Å²) in [5.74, 6) is 0.274. The maximum atomic E-state index is 12.1. The lowest BCUT2D eigenvalue weighted by Crippen LogP contribution is -2.15. The molecule has 0 aliphatic rings. The highest BCUT2D eigenvalue weighted by atomic mass is 19.3. The quantitative estimate of drug-likeness (QED) is 0.921. The van der Waals surface area contributed by atoms with E-state index in [-0.39, 0.29) is 18.1 Å². The molecule has 0 aliphatic heterocycles. The molecule has 1 amide bonds. The summed E-state index contributed by atoms with van der Waals surface area (Å²) in [5, 5.41) is 6.38. The van der Waals surface area contributed by atoms with Crippen LogP contribution in [-0.2, 0) is 11.2 Å². The fraction of sp³-hybridized carbons (Fsp3) is 0.286. The zero-order valence-electron chi connectivity index (χ0n) is 11.5. The minimum Gasteiger partial charge on any atom is -0.435 e. The number of nitrogens with zero attached hydrogens (tertiary/aromatic N) is 1.